The molecule has 0 unspecified atom stereocenters. The van der Waals surface area contributed by atoms with Crippen LogP contribution in [0.1, 0.15) is 19.5 Å². The molecule has 4 heteroatoms. The zero-order chi connectivity index (χ0) is 13.0. The van der Waals surface area contributed by atoms with E-state index >= 15 is 0 Å². The van der Waals surface area contributed by atoms with Gasteiger partial charge in [0.2, 0.25) is 5.89 Å². The third-order valence-electron chi connectivity index (χ3n) is 2.34. The van der Waals surface area contributed by atoms with Crippen molar-refractivity contribution >= 4 is 6.21 Å². The van der Waals surface area contributed by atoms with Crippen LogP contribution in [-0.4, -0.2) is 22.8 Å². The summed E-state index contributed by atoms with van der Waals surface area (Å²) in [6.07, 6.45) is 1.55. The van der Waals surface area contributed by atoms with Crippen molar-refractivity contribution in [1.82, 2.24) is 4.98 Å². The van der Waals surface area contributed by atoms with Gasteiger partial charge in [0, 0.05) is 12.1 Å². The van der Waals surface area contributed by atoms with Crippen molar-refractivity contribution in [2.24, 2.45) is 10.9 Å². The first-order valence-corrected chi connectivity index (χ1v) is 5.92. The average Bonchev–Trinajstić information content (AvgIpc) is 2.72. The van der Waals surface area contributed by atoms with Crippen molar-refractivity contribution in [3.8, 4) is 17.4 Å². The second-order valence-corrected chi connectivity index (χ2v) is 4.46. The number of aromatic nitrogens is 1. The molecule has 0 atom stereocenters. The fraction of sp³-hybridized carbons (Fsp3) is 0.286. The monoisotopic (exact) mass is 244 g/mol. The predicted molar refractivity (Wildman–Crippen MR) is 70.9 cm³/mol. The fourth-order valence-corrected chi connectivity index (χ4v) is 1.46. The first-order chi connectivity index (χ1) is 8.66. The first kappa shape index (κ1) is 12.4. The van der Waals surface area contributed by atoms with E-state index in [9.17, 15) is 5.11 Å². The van der Waals surface area contributed by atoms with Crippen molar-refractivity contribution in [3.05, 3.63) is 36.0 Å². The Morgan fingerprint density at radius 3 is 2.72 bits per heavy atom. The lowest BCUT2D eigenvalue weighted by Crippen LogP contribution is -1.93. The van der Waals surface area contributed by atoms with Gasteiger partial charge in [0.25, 0.3) is 0 Å². The van der Waals surface area contributed by atoms with Crippen LogP contribution < -0.4 is 0 Å². The van der Waals surface area contributed by atoms with E-state index in [0.29, 0.717) is 24.0 Å². The molecule has 0 bridgehead atoms. The number of hydrogen-bond donors (Lipinski definition) is 1. The summed E-state index contributed by atoms with van der Waals surface area (Å²) in [4.78, 5) is 8.41. The maximum Gasteiger partial charge on any atom is 0.312 e. The van der Waals surface area contributed by atoms with E-state index in [1.165, 1.54) is 0 Å². The van der Waals surface area contributed by atoms with Crippen molar-refractivity contribution in [1.29, 1.82) is 0 Å². The van der Waals surface area contributed by atoms with Crippen LogP contribution in [0.15, 0.2) is 39.7 Å². The molecule has 1 N–H and O–H groups in total. The van der Waals surface area contributed by atoms with Crippen molar-refractivity contribution in [2.45, 2.75) is 13.8 Å². The maximum absolute atomic E-state index is 9.64. The SMILES string of the molecule is CC(C)CN=Cc1nc(-c2ccccc2)oc1O. The number of rotatable bonds is 4. The van der Waals surface area contributed by atoms with Gasteiger partial charge in [-0.1, -0.05) is 32.0 Å². The lowest BCUT2D eigenvalue weighted by atomic mass is 10.2. The molecule has 4 nitrogen and oxygen atoms in total. The maximum atomic E-state index is 9.64. The summed E-state index contributed by atoms with van der Waals surface area (Å²) in [6.45, 7) is 4.86. The smallest absolute Gasteiger partial charge is 0.312 e. The molecule has 0 radical (unpaired) electrons. The number of benzene rings is 1. The molecule has 18 heavy (non-hydrogen) atoms. The van der Waals surface area contributed by atoms with Gasteiger partial charge in [0.1, 0.15) is 0 Å². The van der Waals surface area contributed by atoms with Crippen LogP contribution >= 0.6 is 0 Å². The van der Waals surface area contributed by atoms with Gasteiger partial charge in [-0.25, -0.2) is 4.98 Å². The van der Waals surface area contributed by atoms with Crippen LogP contribution in [0.2, 0.25) is 0 Å². The lowest BCUT2D eigenvalue weighted by molar-refractivity contribution is 0.337. The van der Waals surface area contributed by atoms with Crippen molar-refractivity contribution in [3.63, 3.8) is 0 Å². The normalized spacial score (nSPS) is 11.5. The molecular weight excluding hydrogens is 228 g/mol. The summed E-state index contributed by atoms with van der Waals surface area (Å²) in [5.74, 6) is 0.685. The first-order valence-electron chi connectivity index (χ1n) is 5.92. The zero-order valence-corrected chi connectivity index (χ0v) is 10.5. The van der Waals surface area contributed by atoms with E-state index in [1.54, 1.807) is 6.21 Å². The highest BCUT2D eigenvalue weighted by Crippen LogP contribution is 2.24. The molecule has 1 aromatic carbocycles. The van der Waals surface area contributed by atoms with E-state index < -0.39 is 0 Å². The molecule has 1 aromatic heterocycles. The molecule has 0 amide bonds. The number of aromatic hydroxyl groups is 1. The van der Waals surface area contributed by atoms with Gasteiger partial charge in [-0.3, -0.25) is 4.99 Å². The average molecular weight is 244 g/mol. The van der Waals surface area contributed by atoms with E-state index in [4.69, 9.17) is 4.42 Å². The molecule has 2 rings (SSSR count). The van der Waals surface area contributed by atoms with Gasteiger partial charge in [-0.2, -0.15) is 0 Å². The number of nitrogens with zero attached hydrogens (tertiary/aromatic N) is 2. The van der Waals surface area contributed by atoms with Crippen LogP contribution in [0, 0.1) is 5.92 Å². The minimum absolute atomic E-state index is 0.193. The molecule has 0 saturated carbocycles. The molecule has 1 heterocycles. The molecule has 0 spiro atoms. The third-order valence-corrected chi connectivity index (χ3v) is 2.34. The summed E-state index contributed by atoms with van der Waals surface area (Å²) in [6, 6.07) is 9.45. The van der Waals surface area contributed by atoms with Crippen molar-refractivity contribution in [2.75, 3.05) is 6.54 Å². The highest BCUT2D eigenvalue weighted by Gasteiger charge is 2.11. The molecule has 0 aliphatic rings. The molecule has 0 aliphatic heterocycles. The Bertz CT molecular complexity index is 530. The van der Waals surface area contributed by atoms with Crippen molar-refractivity contribution < 1.29 is 9.52 Å². The highest BCUT2D eigenvalue weighted by atomic mass is 16.5. The number of hydrogen-bond acceptors (Lipinski definition) is 4. The minimum Gasteiger partial charge on any atom is -0.479 e. The molecule has 94 valence electrons. The van der Waals surface area contributed by atoms with Crippen LogP contribution in [0.4, 0.5) is 0 Å². The molecule has 0 aliphatic carbocycles. The molecule has 0 saturated heterocycles. The Hall–Kier alpha value is -2.10. The standard InChI is InChI=1S/C14H16N2O2/c1-10(2)8-15-9-12-14(17)18-13(16-12)11-6-4-3-5-7-11/h3-7,9-10,17H,8H2,1-2H3. The van der Waals surface area contributed by atoms with Crippen LogP contribution in [0.25, 0.3) is 11.5 Å². The lowest BCUT2D eigenvalue weighted by Gasteiger charge is -1.95. The second-order valence-electron chi connectivity index (χ2n) is 4.46. The number of oxazole rings is 1. The Morgan fingerprint density at radius 2 is 2.06 bits per heavy atom. The Morgan fingerprint density at radius 1 is 1.33 bits per heavy atom. The fourth-order valence-electron chi connectivity index (χ4n) is 1.46. The van der Waals surface area contributed by atoms with Gasteiger partial charge in [0.15, 0.2) is 5.69 Å². The molecular formula is C14H16N2O2. The summed E-state index contributed by atoms with van der Waals surface area (Å²) in [7, 11) is 0. The quantitative estimate of drug-likeness (QED) is 0.840. The summed E-state index contributed by atoms with van der Waals surface area (Å²) >= 11 is 0. The highest BCUT2D eigenvalue weighted by molar-refractivity contribution is 5.80. The Labute approximate surface area is 106 Å². The van der Waals surface area contributed by atoms with E-state index in [-0.39, 0.29) is 5.95 Å². The third kappa shape index (κ3) is 2.97. The van der Waals surface area contributed by atoms with Crippen LogP contribution in [0.3, 0.4) is 0 Å². The number of aliphatic imine (C=N–C) groups is 1. The molecule has 0 fully saturated rings. The van der Waals surface area contributed by atoms with E-state index in [1.807, 2.05) is 30.3 Å². The van der Waals surface area contributed by atoms with Gasteiger partial charge < -0.3 is 9.52 Å². The van der Waals surface area contributed by atoms with Gasteiger partial charge in [-0.05, 0) is 18.1 Å². The van der Waals surface area contributed by atoms with Crippen LogP contribution in [-0.2, 0) is 0 Å². The van der Waals surface area contributed by atoms with E-state index in [0.717, 1.165) is 5.56 Å². The minimum atomic E-state index is -0.193. The Kier molecular flexibility index (Phi) is 3.77. The largest absolute Gasteiger partial charge is 0.479 e. The van der Waals surface area contributed by atoms with Gasteiger partial charge in [-0.15, -0.1) is 0 Å². The van der Waals surface area contributed by atoms with Gasteiger partial charge in [0.05, 0.1) is 6.21 Å². The zero-order valence-electron chi connectivity index (χ0n) is 10.5. The molecule has 2 aromatic rings. The Balaban J connectivity index is 2.20. The summed E-state index contributed by atoms with van der Waals surface area (Å²) in [5.41, 5.74) is 1.20. The second kappa shape index (κ2) is 5.49. The summed E-state index contributed by atoms with van der Waals surface area (Å²) in [5, 5.41) is 9.64. The predicted octanol–water partition coefficient (Wildman–Crippen LogP) is 3.12. The van der Waals surface area contributed by atoms with Crippen LogP contribution in [0.5, 0.6) is 5.95 Å². The van der Waals surface area contributed by atoms with Gasteiger partial charge >= 0.3 is 5.95 Å². The topological polar surface area (TPSA) is 58.6 Å². The van der Waals surface area contributed by atoms with E-state index in [2.05, 4.69) is 23.8 Å². The summed E-state index contributed by atoms with van der Waals surface area (Å²) < 4.78 is 5.21.